The number of benzene rings is 4. The number of aromatic nitrogens is 2. The molecular formula is C74H90N2S5. The standard InChI is InChI=1S/C74H90N2S5/c1-5-9-13-17-19-21-23-30-46-74(47-31-24-22-20-18-14-10-6-2)64-49-56(55-33-28-25-29-34-55)36-39-60(64)61-40-37-58(50-65(61)74)66-44-45-68(79-66)63-42-41-62(72-73(63)76-81-75-72)67-43-38-59(78-67)52-69-57(35-27-16-12-8-4)51-71(80-69)70-48-54(53-77-70)32-26-15-11-7-3/h25,28-29,33-34,36-45,48-51,53H,5-24,26-27,30-32,35,46-47,52H2,1-4H3. The number of rotatable bonds is 35. The smallest absolute Gasteiger partial charge is 0.114 e. The van der Waals surface area contributed by atoms with Gasteiger partial charge in [0.2, 0.25) is 0 Å². The lowest BCUT2D eigenvalue weighted by Crippen LogP contribution is -2.25. The number of hydrogen-bond donors (Lipinski definition) is 0. The molecule has 426 valence electrons. The van der Waals surface area contributed by atoms with Gasteiger partial charge in [-0.1, -0.05) is 236 Å². The van der Waals surface area contributed by atoms with E-state index in [1.165, 1.54) is 265 Å². The predicted octanol–water partition coefficient (Wildman–Crippen LogP) is 25.4. The fourth-order valence-corrected chi connectivity index (χ4v) is 18.0. The molecule has 0 fully saturated rings. The molecule has 0 aliphatic heterocycles. The summed E-state index contributed by atoms with van der Waals surface area (Å²) in [6.45, 7) is 9.27. The minimum Gasteiger partial charge on any atom is -0.172 e. The minimum absolute atomic E-state index is 0.00317. The summed E-state index contributed by atoms with van der Waals surface area (Å²) in [5.41, 5.74) is 17.6. The molecule has 0 spiro atoms. The summed E-state index contributed by atoms with van der Waals surface area (Å²) in [5.74, 6) is 0. The van der Waals surface area contributed by atoms with Crippen molar-refractivity contribution in [2.75, 3.05) is 0 Å². The summed E-state index contributed by atoms with van der Waals surface area (Å²) >= 11 is 9.19. The number of unbranched alkanes of at least 4 members (excludes halogenated alkanes) is 20. The first kappa shape index (κ1) is 59.7. The number of fused-ring (bicyclic) bond motifs is 4. The van der Waals surface area contributed by atoms with E-state index in [-0.39, 0.29) is 5.41 Å². The van der Waals surface area contributed by atoms with Gasteiger partial charge in [-0.3, -0.25) is 0 Å². The Hall–Kier alpha value is -4.50. The van der Waals surface area contributed by atoms with Gasteiger partial charge in [0.25, 0.3) is 0 Å². The summed E-state index contributed by atoms with van der Waals surface area (Å²) < 4.78 is 10.1. The molecule has 0 saturated heterocycles. The van der Waals surface area contributed by atoms with E-state index in [9.17, 15) is 0 Å². The Morgan fingerprint density at radius 2 is 0.901 bits per heavy atom. The van der Waals surface area contributed by atoms with Crippen LogP contribution in [0.25, 0.3) is 74.4 Å². The summed E-state index contributed by atoms with van der Waals surface area (Å²) in [6.07, 6.45) is 37.8. The summed E-state index contributed by atoms with van der Waals surface area (Å²) in [6, 6.07) is 45.3. The maximum Gasteiger partial charge on any atom is 0.114 e. The first-order valence-corrected chi connectivity index (χ1v) is 36.0. The molecule has 2 nitrogen and oxygen atoms in total. The van der Waals surface area contributed by atoms with Gasteiger partial charge < -0.3 is 0 Å². The van der Waals surface area contributed by atoms with E-state index >= 15 is 0 Å². The highest BCUT2D eigenvalue weighted by Crippen LogP contribution is 2.56. The van der Waals surface area contributed by atoms with Gasteiger partial charge in [0.05, 0.1) is 11.7 Å². The fraction of sp³-hybridized carbons (Fsp3) is 0.459. The van der Waals surface area contributed by atoms with Crippen molar-refractivity contribution in [2.24, 2.45) is 0 Å². The van der Waals surface area contributed by atoms with Gasteiger partial charge >= 0.3 is 0 Å². The number of nitrogens with zero attached hydrogens (tertiary/aromatic N) is 2. The maximum atomic E-state index is 5.03. The van der Waals surface area contributed by atoms with Crippen LogP contribution in [0.2, 0.25) is 0 Å². The summed E-state index contributed by atoms with van der Waals surface area (Å²) in [4.78, 5) is 9.74. The average molecular weight is 1170 g/mol. The molecule has 81 heavy (non-hydrogen) atoms. The van der Waals surface area contributed by atoms with E-state index in [0.717, 1.165) is 17.5 Å². The highest BCUT2D eigenvalue weighted by atomic mass is 32.1. The van der Waals surface area contributed by atoms with Gasteiger partial charge in [-0.05, 0) is 143 Å². The van der Waals surface area contributed by atoms with Gasteiger partial charge in [-0.2, -0.15) is 8.75 Å². The monoisotopic (exact) mass is 1170 g/mol. The second kappa shape index (κ2) is 30.4. The van der Waals surface area contributed by atoms with Crippen LogP contribution >= 0.6 is 57.1 Å². The highest BCUT2D eigenvalue weighted by Gasteiger charge is 2.43. The fourth-order valence-electron chi connectivity index (χ4n) is 13.0. The van der Waals surface area contributed by atoms with Crippen LogP contribution in [0.1, 0.15) is 227 Å². The average Bonchev–Trinajstić information content (AvgIpc) is 4.12. The second-order valence-corrected chi connectivity index (χ2v) is 28.5. The molecule has 0 amide bonds. The van der Waals surface area contributed by atoms with E-state index in [1.807, 2.05) is 45.3 Å². The molecule has 0 atom stereocenters. The molecule has 0 saturated carbocycles. The summed E-state index contributed by atoms with van der Waals surface area (Å²) in [5, 5.41) is 2.42. The van der Waals surface area contributed by atoms with Gasteiger partial charge in [0.15, 0.2) is 0 Å². The van der Waals surface area contributed by atoms with Crippen molar-refractivity contribution < 1.29 is 0 Å². The molecule has 1 aliphatic carbocycles. The lowest BCUT2D eigenvalue weighted by molar-refractivity contribution is 0.397. The van der Waals surface area contributed by atoms with E-state index in [2.05, 4.69) is 148 Å². The van der Waals surface area contributed by atoms with Crippen molar-refractivity contribution in [3.8, 4) is 63.3 Å². The molecule has 10 rings (SSSR count). The van der Waals surface area contributed by atoms with Gasteiger partial charge in [-0.25, -0.2) is 0 Å². The minimum atomic E-state index is -0.00317. The Kier molecular flexibility index (Phi) is 22.4. The van der Waals surface area contributed by atoms with Crippen molar-refractivity contribution in [3.05, 3.63) is 153 Å². The van der Waals surface area contributed by atoms with Crippen LogP contribution in [0.3, 0.4) is 0 Å². The third-order valence-electron chi connectivity index (χ3n) is 17.6. The number of thiophene rings is 4. The van der Waals surface area contributed by atoms with Crippen molar-refractivity contribution in [2.45, 2.75) is 219 Å². The Balaban J connectivity index is 0.907. The Labute approximate surface area is 508 Å². The quantitative estimate of drug-likeness (QED) is 0.0370. The molecule has 5 aromatic heterocycles. The third kappa shape index (κ3) is 14.9. The van der Waals surface area contributed by atoms with Crippen molar-refractivity contribution in [1.82, 2.24) is 8.75 Å². The van der Waals surface area contributed by atoms with Gasteiger partial charge in [0.1, 0.15) is 11.0 Å². The first-order chi connectivity index (χ1) is 40.0. The zero-order chi connectivity index (χ0) is 55.6. The molecule has 1 aliphatic rings. The van der Waals surface area contributed by atoms with E-state index in [1.54, 1.807) is 21.6 Å². The van der Waals surface area contributed by atoms with Gasteiger partial charge in [-0.15, -0.1) is 45.3 Å². The topological polar surface area (TPSA) is 25.8 Å². The molecule has 4 aromatic carbocycles. The van der Waals surface area contributed by atoms with Crippen molar-refractivity contribution >= 4 is 68.1 Å². The Bertz CT molecular complexity index is 3320. The molecule has 0 unspecified atom stereocenters. The van der Waals surface area contributed by atoms with Crippen LogP contribution in [0.4, 0.5) is 0 Å². The van der Waals surface area contributed by atoms with E-state index in [4.69, 9.17) is 8.75 Å². The van der Waals surface area contributed by atoms with Crippen molar-refractivity contribution in [1.29, 1.82) is 0 Å². The van der Waals surface area contributed by atoms with Crippen LogP contribution in [0.5, 0.6) is 0 Å². The Morgan fingerprint density at radius 1 is 0.383 bits per heavy atom. The Morgan fingerprint density at radius 3 is 1.53 bits per heavy atom. The molecule has 0 N–H and O–H groups in total. The number of hydrogen-bond acceptors (Lipinski definition) is 7. The van der Waals surface area contributed by atoms with E-state index in [0.29, 0.717) is 0 Å². The first-order valence-electron chi connectivity index (χ1n) is 32.0. The number of aryl methyl sites for hydroxylation is 2. The van der Waals surface area contributed by atoms with Crippen molar-refractivity contribution in [3.63, 3.8) is 0 Å². The maximum absolute atomic E-state index is 5.03. The van der Waals surface area contributed by atoms with E-state index < -0.39 is 0 Å². The molecule has 0 bridgehead atoms. The SMILES string of the molecule is CCCCCCCCCCC1(CCCCCCCCCC)c2cc(-c3ccccc3)ccc2-c2ccc(-c3ccc(-c4ccc(-c5ccc(Cc6sc(-c7cc(CCCCCC)cs7)cc6CCCCCC)s5)c5nsnc45)s3)cc21. The normalized spacial score (nSPS) is 12.7. The summed E-state index contributed by atoms with van der Waals surface area (Å²) in [7, 11) is 0. The molecule has 9 aromatic rings. The molecular weight excluding hydrogens is 1080 g/mol. The van der Waals surface area contributed by atoms with Crippen LogP contribution in [0, 0.1) is 0 Å². The van der Waals surface area contributed by atoms with Crippen LogP contribution < -0.4 is 0 Å². The molecule has 7 heteroatoms. The highest BCUT2D eigenvalue weighted by molar-refractivity contribution is 7.21. The third-order valence-corrected chi connectivity index (χ3v) is 22.8. The van der Waals surface area contributed by atoms with Crippen LogP contribution in [-0.2, 0) is 24.7 Å². The second-order valence-electron chi connectivity index (χ2n) is 23.6. The van der Waals surface area contributed by atoms with Crippen LogP contribution in [0.15, 0.2) is 121 Å². The largest absolute Gasteiger partial charge is 0.172 e. The lowest BCUT2D eigenvalue weighted by atomic mass is 9.70. The van der Waals surface area contributed by atoms with Crippen LogP contribution in [-0.4, -0.2) is 8.75 Å². The molecule has 5 heterocycles. The van der Waals surface area contributed by atoms with Gasteiger partial charge in [0, 0.05) is 57.1 Å². The molecule has 0 radical (unpaired) electrons. The lowest BCUT2D eigenvalue weighted by Gasteiger charge is -2.33. The predicted molar refractivity (Wildman–Crippen MR) is 362 cm³/mol. The zero-order valence-corrected chi connectivity index (χ0v) is 53.6. The zero-order valence-electron chi connectivity index (χ0n) is 49.5.